The van der Waals surface area contributed by atoms with E-state index in [1.807, 2.05) is 6.07 Å². The van der Waals surface area contributed by atoms with Gasteiger partial charge in [0.15, 0.2) is 0 Å². The molecule has 132 valence electrons. The van der Waals surface area contributed by atoms with Gasteiger partial charge >= 0.3 is 6.18 Å². The minimum absolute atomic E-state index is 0.106. The maximum absolute atomic E-state index is 13.0. The molecule has 0 bridgehead atoms. The summed E-state index contributed by atoms with van der Waals surface area (Å²) in [4.78, 5) is 23.6. The Morgan fingerprint density at radius 1 is 1.00 bits per heavy atom. The van der Waals surface area contributed by atoms with E-state index in [1.54, 1.807) is 24.3 Å². The van der Waals surface area contributed by atoms with Crippen molar-refractivity contribution in [2.45, 2.75) is 19.1 Å². The smallest absolute Gasteiger partial charge is 0.352 e. The van der Waals surface area contributed by atoms with Crippen molar-refractivity contribution in [3.8, 4) is 0 Å². The van der Waals surface area contributed by atoms with E-state index < -0.39 is 35.7 Å². The summed E-state index contributed by atoms with van der Waals surface area (Å²) in [5.74, 6) is -1.44. The van der Waals surface area contributed by atoms with Crippen molar-refractivity contribution in [2.75, 3.05) is 5.32 Å². The lowest BCUT2D eigenvalue weighted by Crippen LogP contribution is -2.28. The maximum Gasteiger partial charge on any atom is 0.418 e. The first kappa shape index (κ1) is 18.8. The van der Waals surface area contributed by atoms with Crippen LogP contribution in [-0.2, 0) is 22.3 Å². The van der Waals surface area contributed by atoms with Gasteiger partial charge in [0, 0.05) is 11.6 Å². The van der Waals surface area contributed by atoms with Gasteiger partial charge in [0.05, 0.1) is 11.3 Å². The molecule has 0 aliphatic heterocycles. The van der Waals surface area contributed by atoms with Crippen LogP contribution >= 0.6 is 11.6 Å². The average Bonchev–Trinajstić information content (AvgIpc) is 2.54. The Balaban J connectivity index is 1.95. The molecule has 25 heavy (non-hydrogen) atoms. The molecule has 8 heteroatoms. The Hall–Kier alpha value is -2.54. The fourth-order valence-corrected chi connectivity index (χ4v) is 2.23. The van der Waals surface area contributed by atoms with Crippen LogP contribution in [0.5, 0.6) is 0 Å². The third kappa shape index (κ3) is 5.79. The molecule has 0 aliphatic rings. The van der Waals surface area contributed by atoms with E-state index >= 15 is 0 Å². The van der Waals surface area contributed by atoms with Crippen molar-refractivity contribution in [3.05, 3.63) is 64.7 Å². The number of hydrogen-bond acceptors (Lipinski definition) is 2. The van der Waals surface area contributed by atoms with Crippen molar-refractivity contribution in [1.82, 2.24) is 5.32 Å². The second-order valence-corrected chi connectivity index (χ2v) is 5.61. The van der Waals surface area contributed by atoms with Crippen LogP contribution in [0.3, 0.4) is 0 Å². The van der Waals surface area contributed by atoms with Crippen LogP contribution in [0.1, 0.15) is 17.5 Å². The number of amides is 2. The highest BCUT2D eigenvalue weighted by Crippen LogP contribution is 2.36. The minimum atomic E-state index is -4.68. The van der Waals surface area contributed by atoms with E-state index in [9.17, 15) is 22.8 Å². The number of alkyl halides is 3. The van der Waals surface area contributed by atoms with Gasteiger partial charge in [-0.2, -0.15) is 13.2 Å². The molecule has 4 nitrogen and oxygen atoms in total. The minimum Gasteiger partial charge on any atom is -0.352 e. The van der Waals surface area contributed by atoms with E-state index in [2.05, 4.69) is 10.6 Å². The zero-order valence-corrected chi connectivity index (χ0v) is 13.6. The van der Waals surface area contributed by atoms with Crippen LogP contribution in [0.2, 0.25) is 5.02 Å². The molecular formula is C17H14ClF3N2O2. The molecule has 2 aromatic carbocycles. The highest BCUT2D eigenvalue weighted by Gasteiger charge is 2.34. The molecule has 0 radical (unpaired) electrons. The number of rotatable bonds is 5. The highest BCUT2D eigenvalue weighted by molar-refractivity contribution is 6.30. The monoisotopic (exact) mass is 370 g/mol. The van der Waals surface area contributed by atoms with Crippen molar-refractivity contribution in [3.63, 3.8) is 0 Å². The van der Waals surface area contributed by atoms with Gasteiger partial charge in [-0.3, -0.25) is 9.59 Å². The van der Waals surface area contributed by atoms with Gasteiger partial charge in [-0.1, -0.05) is 41.9 Å². The summed E-state index contributed by atoms with van der Waals surface area (Å²) < 4.78 is 38.9. The van der Waals surface area contributed by atoms with Crippen LogP contribution < -0.4 is 10.6 Å². The first-order valence-electron chi connectivity index (χ1n) is 7.23. The number of halogens is 4. The zero-order valence-electron chi connectivity index (χ0n) is 12.9. The summed E-state index contributed by atoms with van der Waals surface area (Å²) in [5.41, 5.74) is -0.677. The molecular weight excluding hydrogens is 357 g/mol. The van der Waals surface area contributed by atoms with Crippen LogP contribution in [0, 0.1) is 0 Å². The summed E-state index contributed by atoms with van der Waals surface area (Å²) in [6.07, 6.45) is -5.27. The molecule has 0 spiro atoms. The second kappa shape index (κ2) is 8.02. The van der Waals surface area contributed by atoms with Gasteiger partial charge in [0.25, 0.3) is 0 Å². The Labute approximate surface area is 147 Å². The summed E-state index contributed by atoms with van der Waals surface area (Å²) in [6, 6.07) is 12.0. The fourth-order valence-electron chi connectivity index (χ4n) is 2.06. The zero-order chi connectivity index (χ0) is 18.4. The number of nitrogens with one attached hydrogen (secondary N) is 2. The van der Waals surface area contributed by atoms with E-state index in [1.165, 1.54) is 6.07 Å². The van der Waals surface area contributed by atoms with Crippen LogP contribution in [0.15, 0.2) is 48.5 Å². The van der Waals surface area contributed by atoms with Crippen molar-refractivity contribution in [1.29, 1.82) is 0 Å². The molecule has 2 aromatic rings. The molecule has 0 aromatic heterocycles. The van der Waals surface area contributed by atoms with Crippen molar-refractivity contribution in [2.24, 2.45) is 0 Å². The summed E-state index contributed by atoms with van der Waals surface area (Å²) >= 11 is 5.57. The van der Waals surface area contributed by atoms with Gasteiger partial charge < -0.3 is 10.6 Å². The molecule has 0 atom stereocenters. The van der Waals surface area contributed by atoms with E-state index in [-0.39, 0.29) is 11.6 Å². The lowest BCUT2D eigenvalue weighted by Gasteiger charge is -2.14. The van der Waals surface area contributed by atoms with E-state index in [0.29, 0.717) is 6.07 Å². The SMILES string of the molecule is O=C(CC(=O)Nc1ccc(Cl)cc1C(F)(F)F)NCc1ccccc1. The lowest BCUT2D eigenvalue weighted by atomic mass is 10.1. The molecule has 0 saturated heterocycles. The molecule has 2 N–H and O–H groups in total. The number of anilines is 1. The lowest BCUT2D eigenvalue weighted by molar-refractivity contribution is -0.137. The Kier molecular flexibility index (Phi) is 6.03. The number of benzene rings is 2. The third-order valence-electron chi connectivity index (χ3n) is 3.21. The first-order valence-corrected chi connectivity index (χ1v) is 7.61. The van der Waals surface area contributed by atoms with Crippen molar-refractivity contribution < 1.29 is 22.8 Å². The number of carbonyl (C=O) groups excluding carboxylic acids is 2. The number of carbonyl (C=O) groups is 2. The quantitative estimate of drug-likeness (QED) is 0.781. The largest absolute Gasteiger partial charge is 0.418 e. The Morgan fingerprint density at radius 3 is 2.32 bits per heavy atom. The predicted molar refractivity (Wildman–Crippen MR) is 88.0 cm³/mol. The maximum atomic E-state index is 13.0. The first-order chi connectivity index (χ1) is 11.8. The molecule has 0 heterocycles. The molecule has 0 saturated carbocycles. The van der Waals surface area contributed by atoms with E-state index in [0.717, 1.165) is 11.6 Å². The summed E-state index contributed by atoms with van der Waals surface area (Å²) in [5, 5.41) is 4.52. The average molecular weight is 371 g/mol. The molecule has 2 rings (SSSR count). The van der Waals surface area contributed by atoms with Gasteiger partial charge in [-0.05, 0) is 23.8 Å². The second-order valence-electron chi connectivity index (χ2n) is 5.17. The summed E-state index contributed by atoms with van der Waals surface area (Å²) in [7, 11) is 0. The Morgan fingerprint density at radius 2 is 1.68 bits per heavy atom. The number of hydrogen-bond donors (Lipinski definition) is 2. The molecule has 0 fully saturated rings. The highest BCUT2D eigenvalue weighted by atomic mass is 35.5. The summed E-state index contributed by atoms with van der Waals surface area (Å²) in [6.45, 7) is 0.224. The molecule has 0 unspecified atom stereocenters. The standard InChI is InChI=1S/C17H14ClF3N2O2/c18-12-6-7-14(13(8-12)17(19,20)21)23-16(25)9-15(24)22-10-11-4-2-1-3-5-11/h1-8H,9-10H2,(H,22,24)(H,23,25). The van der Waals surface area contributed by atoms with Gasteiger partial charge in [0.2, 0.25) is 11.8 Å². The van der Waals surface area contributed by atoms with Crippen LogP contribution in [0.4, 0.5) is 18.9 Å². The van der Waals surface area contributed by atoms with Gasteiger partial charge in [0.1, 0.15) is 6.42 Å². The fraction of sp³-hybridized carbons (Fsp3) is 0.176. The van der Waals surface area contributed by atoms with Gasteiger partial charge in [-0.15, -0.1) is 0 Å². The predicted octanol–water partition coefficient (Wildman–Crippen LogP) is 4.00. The third-order valence-corrected chi connectivity index (χ3v) is 3.45. The normalized spacial score (nSPS) is 11.0. The Bertz CT molecular complexity index is 764. The van der Waals surface area contributed by atoms with Crippen LogP contribution in [-0.4, -0.2) is 11.8 Å². The van der Waals surface area contributed by atoms with Gasteiger partial charge in [-0.25, -0.2) is 0 Å². The van der Waals surface area contributed by atoms with Crippen molar-refractivity contribution >= 4 is 29.1 Å². The molecule has 2 amide bonds. The molecule has 0 aliphatic carbocycles. The topological polar surface area (TPSA) is 58.2 Å². The van der Waals surface area contributed by atoms with Crippen LogP contribution in [0.25, 0.3) is 0 Å². The van der Waals surface area contributed by atoms with E-state index in [4.69, 9.17) is 11.6 Å².